The average Bonchev–Trinajstić information content (AvgIpc) is 2.06. The molecule has 1 aliphatic heterocycles. The van der Waals surface area contributed by atoms with Crippen molar-refractivity contribution in [2.24, 2.45) is 17.4 Å². The lowest BCUT2D eigenvalue weighted by atomic mass is 10.0. The molecule has 1 rings (SSSR count). The molecule has 1 fully saturated rings. The van der Waals surface area contributed by atoms with Crippen LogP contribution in [0.4, 0.5) is 4.79 Å². The minimum atomic E-state index is -0.300. The SMILES string of the molecule is CN(CCCN)CC1CN(C(N)=O)C1. The van der Waals surface area contributed by atoms with Crippen molar-refractivity contribution >= 4 is 6.03 Å². The standard InChI is InChI=1S/C9H20N4O/c1-12(4-2-3-10)5-8-6-13(7-8)9(11)14/h8H,2-7,10H2,1H3,(H2,11,14). The number of likely N-dealkylation sites (tertiary alicyclic amines) is 1. The van der Waals surface area contributed by atoms with Crippen LogP contribution in [0.25, 0.3) is 0 Å². The van der Waals surface area contributed by atoms with Gasteiger partial charge in [-0.3, -0.25) is 0 Å². The zero-order valence-corrected chi connectivity index (χ0v) is 8.78. The Morgan fingerprint density at radius 2 is 2.21 bits per heavy atom. The highest BCUT2D eigenvalue weighted by Gasteiger charge is 2.29. The largest absolute Gasteiger partial charge is 0.351 e. The third kappa shape index (κ3) is 3.16. The first kappa shape index (κ1) is 11.3. The van der Waals surface area contributed by atoms with Gasteiger partial charge < -0.3 is 21.3 Å². The molecule has 0 spiro atoms. The fourth-order valence-corrected chi connectivity index (χ4v) is 1.76. The molecule has 5 heteroatoms. The lowest BCUT2D eigenvalue weighted by molar-refractivity contribution is 0.102. The quantitative estimate of drug-likeness (QED) is 0.615. The molecule has 0 atom stereocenters. The first-order valence-corrected chi connectivity index (χ1v) is 5.06. The number of carbonyl (C=O) groups excluding carboxylic acids is 1. The van der Waals surface area contributed by atoms with Crippen molar-refractivity contribution in [2.45, 2.75) is 6.42 Å². The number of rotatable bonds is 5. The second-order valence-electron chi connectivity index (χ2n) is 4.01. The molecule has 0 aromatic heterocycles. The molecule has 14 heavy (non-hydrogen) atoms. The van der Waals surface area contributed by atoms with Crippen LogP contribution >= 0.6 is 0 Å². The van der Waals surface area contributed by atoms with E-state index >= 15 is 0 Å². The molecule has 2 amide bonds. The number of carbonyl (C=O) groups is 1. The number of nitrogens with zero attached hydrogens (tertiary/aromatic N) is 2. The molecule has 1 aliphatic rings. The van der Waals surface area contributed by atoms with Crippen LogP contribution in [-0.4, -0.2) is 55.6 Å². The summed E-state index contributed by atoms with van der Waals surface area (Å²) >= 11 is 0. The Kier molecular flexibility index (Phi) is 4.16. The molecule has 0 saturated carbocycles. The second kappa shape index (κ2) is 5.17. The highest BCUT2D eigenvalue weighted by atomic mass is 16.2. The number of nitrogens with two attached hydrogens (primary N) is 2. The van der Waals surface area contributed by atoms with Gasteiger partial charge in [-0.2, -0.15) is 0 Å². The van der Waals surface area contributed by atoms with Gasteiger partial charge in [-0.1, -0.05) is 0 Å². The summed E-state index contributed by atoms with van der Waals surface area (Å²) in [4.78, 5) is 14.6. The van der Waals surface area contributed by atoms with Gasteiger partial charge in [0.05, 0.1) is 0 Å². The molecule has 0 radical (unpaired) electrons. The van der Waals surface area contributed by atoms with E-state index < -0.39 is 0 Å². The number of amides is 2. The van der Waals surface area contributed by atoms with Crippen LogP contribution in [0.1, 0.15) is 6.42 Å². The summed E-state index contributed by atoms with van der Waals surface area (Å²) in [6.45, 7) is 4.42. The molecule has 5 nitrogen and oxygen atoms in total. The summed E-state index contributed by atoms with van der Waals surface area (Å²) in [5.41, 5.74) is 10.5. The van der Waals surface area contributed by atoms with Gasteiger partial charge in [0, 0.05) is 25.6 Å². The average molecular weight is 200 g/mol. The Hall–Kier alpha value is -0.810. The van der Waals surface area contributed by atoms with Crippen LogP contribution < -0.4 is 11.5 Å². The van der Waals surface area contributed by atoms with Crippen molar-refractivity contribution in [3.8, 4) is 0 Å². The number of urea groups is 1. The zero-order chi connectivity index (χ0) is 10.6. The Bertz CT molecular complexity index is 191. The van der Waals surface area contributed by atoms with Gasteiger partial charge in [0.15, 0.2) is 0 Å². The van der Waals surface area contributed by atoms with E-state index in [4.69, 9.17) is 11.5 Å². The molecule has 0 unspecified atom stereocenters. The van der Waals surface area contributed by atoms with E-state index in [9.17, 15) is 4.79 Å². The third-order valence-corrected chi connectivity index (χ3v) is 2.58. The molecule has 0 bridgehead atoms. The lowest BCUT2D eigenvalue weighted by Gasteiger charge is -2.39. The van der Waals surface area contributed by atoms with Gasteiger partial charge >= 0.3 is 6.03 Å². The van der Waals surface area contributed by atoms with E-state index in [0.29, 0.717) is 5.92 Å². The van der Waals surface area contributed by atoms with Gasteiger partial charge in [0.25, 0.3) is 0 Å². The van der Waals surface area contributed by atoms with Gasteiger partial charge in [0.2, 0.25) is 0 Å². The fourth-order valence-electron chi connectivity index (χ4n) is 1.76. The first-order chi connectivity index (χ1) is 6.63. The molecule has 0 aromatic rings. The van der Waals surface area contributed by atoms with E-state index in [-0.39, 0.29) is 6.03 Å². The van der Waals surface area contributed by atoms with Crippen molar-refractivity contribution in [1.82, 2.24) is 9.80 Å². The first-order valence-electron chi connectivity index (χ1n) is 5.06. The van der Waals surface area contributed by atoms with Gasteiger partial charge in [0.1, 0.15) is 0 Å². The Morgan fingerprint density at radius 1 is 1.57 bits per heavy atom. The summed E-state index contributed by atoms with van der Waals surface area (Å²) in [7, 11) is 2.09. The van der Waals surface area contributed by atoms with Crippen molar-refractivity contribution in [2.75, 3.05) is 39.8 Å². The van der Waals surface area contributed by atoms with E-state index in [1.807, 2.05) is 0 Å². The van der Waals surface area contributed by atoms with Crippen LogP contribution in [0.3, 0.4) is 0 Å². The molecule has 0 aromatic carbocycles. The molecular weight excluding hydrogens is 180 g/mol. The fraction of sp³-hybridized carbons (Fsp3) is 0.889. The van der Waals surface area contributed by atoms with E-state index in [0.717, 1.165) is 39.1 Å². The summed E-state index contributed by atoms with van der Waals surface area (Å²) in [5.74, 6) is 0.588. The van der Waals surface area contributed by atoms with Gasteiger partial charge in [-0.15, -0.1) is 0 Å². The van der Waals surface area contributed by atoms with Crippen molar-refractivity contribution in [3.63, 3.8) is 0 Å². The zero-order valence-electron chi connectivity index (χ0n) is 8.78. The van der Waals surface area contributed by atoms with Crippen molar-refractivity contribution < 1.29 is 4.79 Å². The van der Waals surface area contributed by atoms with E-state index in [1.165, 1.54) is 0 Å². The molecule has 1 heterocycles. The summed E-state index contributed by atoms with van der Waals surface area (Å²) in [6, 6.07) is -0.300. The number of hydrogen-bond donors (Lipinski definition) is 2. The van der Waals surface area contributed by atoms with Crippen molar-refractivity contribution in [1.29, 1.82) is 0 Å². The maximum atomic E-state index is 10.7. The molecular formula is C9H20N4O. The van der Waals surface area contributed by atoms with Crippen LogP contribution in [0.2, 0.25) is 0 Å². The normalized spacial score (nSPS) is 17.2. The maximum Gasteiger partial charge on any atom is 0.314 e. The highest BCUT2D eigenvalue weighted by molar-refractivity contribution is 5.72. The maximum absolute atomic E-state index is 10.7. The molecule has 82 valence electrons. The second-order valence-corrected chi connectivity index (χ2v) is 4.01. The van der Waals surface area contributed by atoms with Crippen LogP contribution in [0.5, 0.6) is 0 Å². The monoisotopic (exact) mass is 200 g/mol. The number of primary amides is 1. The summed E-state index contributed by atoms with van der Waals surface area (Å²) in [6.07, 6.45) is 1.03. The van der Waals surface area contributed by atoms with Crippen LogP contribution in [-0.2, 0) is 0 Å². The molecule has 0 aliphatic carbocycles. The summed E-state index contributed by atoms with van der Waals surface area (Å²) < 4.78 is 0. The highest BCUT2D eigenvalue weighted by Crippen LogP contribution is 2.15. The van der Waals surface area contributed by atoms with Gasteiger partial charge in [-0.25, -0.2) is 4.79 Å². The Balaban J connectivity index is 2.07. The van der Waals surface area contributed by atoms with Crippen molar-refractivity contribution in [3.05, 3.63) is 0 Å². The lowest BCUT2D eigenvalue weighted by Crippen LogP contribution is -2.55. The van der Waals surface area contributed by atoms with Gasteiger partial charge in [-0.05, 0) is 26.6 Å². The minimum absolute atomic E-state index is 0.300. The Morgan fingerprint density at radius 3 is 2.71 bits per heavy atom. The predicted molar refractivity (Wildman–Crippen MR) is 55.8 cm³/mol. The smallest absolute Gasteiger partial charge is 0.314 e. The van der Waals surface area contributed by atoms with Crippen LogP contribution in [0, 0.1) is 5.92 Å². The van der Waals surface area contributed by atoms with E-state index in [2.05, 4.69) is 11.9 Å². The summed E-state index contributed by atoms with van der Waals surface area (Å²) in [5, 5.41) is 0. The minimum Gasteiger partial charge on any atom is -0.351 e. The van der Waals surface area contributed by atoms with E-state index in [1.54, 1.807) is 4.90 Å². The molecule has 1 saturated heterocycles. The molecule has 4 N–H and O–H groups in total. The predicted octanol–water partition coefficient (Wildman–Crippen LogP) is -0.722. The topological polar surface area (TPSA) is 75.6 Å². The third-order valence-electron chi connectivity index (χ3n) is 2.58. The van der Waals surface area contributed by atoms with Crippen LogP contribution in [0.15, 0.2) is 0 Å². The number of hydrogen-bond acceptors (Lipinski definition) is 3. The Labute approximate surface area is 85.0 Å².